The van der Waals surface area contributed by atoms with Crippen LogP contribution in [0, 0.1) is 0 Å². The first-order chi connectivity index (χ1) is 9.36. The van der Waals surface area contributed by atoms with Crippen LogP contribution in [0.5, 0.6) is 0 Å². The van der Waals surface area contributed by atoms with Crippen molar-refractivity contribution in [3.63, 3.8) is 0 Å². The minimum atomic E-state index is 0.849. The van der Waals surface area contributed by atoms with E-state index in [9.17, 15) is 4.79 Å². The van der Waals surface area contributed by atoms with Crippen molar-refractivity contribution in [2.75, 3.05) is 0 Å². The summed E-state index contributed by atoms with van der Waals surface area (Å²) in [4.78, 5) is 10.5. The van der Waals surface area contributed by atoms with Crippen LogP contribution in [-0.2, 0) is 11.2 Å². The Morgan fingerprint density at radius 3 is 2.05 bits per heavy atom. The minimum Gasteiger partial charge on any atom is -0.297 e. The standard InChI is InChI=1S/C17H29NO/c1-2-3-4-5-6-7-8-9-10-11-12-17-13-14-18(15-17)16-19/h13-16H,2-12H2,1H3. The highest BCUT2D eigenvalue weighted by Crippen LogP contribution is 2.12. The van der Waals surface area contributed by atoms with Gasteiger partial charge >= 0.3 is 0 Å². The highest BCUT2D eigenvalue weighted by molar-refractivity contribution is 5.52. The Kier molecular flexibility index (Phi) is 9.13. The number of nitrogens with zero attached hydrogens (tertiary/aromatic N) is 1. The van der Waals surface area contributed by atoms with Crippen LogP contribution in [-0.4, -0.2) is 11.0 Å². The molecule has 0 fully saturated rings. The zero-order chi connectivity index (χ0) is 13.8. The molecule has 0 aliphatic rings. The van der Waals surface area contributed by atoms with Crippen LogP contribution in [0.1, 0.15) is 76.7 Å². The van der Waals surface area contributed by atoms with Gasteiger partial charge < -0.3 is 0 Å². The summed E-state index contributed by atoms with van der Waals surface area (Å²) in [7, 11) is 0. The first-order valence-electron chi connectivity index (χ1n) is 7.98. The average Bonchev–Trinajstić information content (AvgIpc) is 2.89. The van der Waals surface area contributed by atoms with Gasteiger partial charge in [0.1, 0.15) is 0 Å². The van der Waals surface area contributed by atoms with Crippen LogP contribution in [0.15, 0.2) is 18.5 Å². The third-order valence-electron chi connectivity index (χ3n) is 3.72. The van der Waals surface area contributed by atoms with Crippen molar-refractivity contribution in [3.05, 3.63) is 24.0 Å². The highest BCUT2D eigenvalue weighted by Gasteiger charge is 1.97. The third-order valence-corrected chi connectivity index (χ3v) is 3.72. The van der Waals surface area contributed by atoms with E-state index >= 15 is 0 Å². The van der Waals surface area contributed by atoms with Crippen molar-refractivity contribution in [2.45, 2.75) is 77.6 Å². The lowest BCUT2D eigenvalue weighted by Gasteiger charge is -2.02. The summed E-state index contributed by atoms with van der Waals surface area (Å²) in [5, 5.41) is 0. The fraction of sp³-hybridized carbons (Fsp3) is 0.706. The van der Waals surface area contributed by atoms with Crippen LogP contribution < -0.4 is 0 Å². The van der Waals surface area contributed by atoms with Crippen molar-refractivity contribution in [1.82, 2.24) is 4.57 Å². The molecule has 2 nitrogen and oxygen atoms in total. The van der Waals surface area contributed by atoms with Gasteiger partial charge in [-0.15, -0.1) is 0 Å². The molecule has 0 aromatic carbocycles. The van der Waals surface area contributed by atoms with E-state index in [-0.39, 0.29) is 0 Å². The van der Waals surface area contributed by atoms with Gasteiger partial charge in [0.05, 0.1) is 0 Å². The number of hydrogen-bond donors (Lipinski definition) is 0. The summed E-state index contributed by atoms with van der Waals surface area (Å²) in [6.45, 7) is 2.27. The third kappa shape index (κ3) is 7.86. The first-order valence-corrected chi connectivity index (χ1v) is 7.98. The molecule has 2 heteroatoms. The lowest BCUT2D eigenvalue weighted by atomic mass is 10.0. The molecule has 0 radical (unpaired) electrons. The molecular formula is C17H29NO. The molecule has 1 heterocycles. The fourth-order valence-electron chi connectivity index (χ4n) is 2.49. The Balaban J connectivity index is 1.87. The van der Waals surface area contributed by atoms with E-state index in [1.54, 1.807) is 4.57 Å². The molecule has 19 heavy (non-hydrogen) atoms. The van der Waals surface area contributed by atoms with Crippen molar-refractivity contribution < 1.29 is 4.79 Å². The molecule has 0 N–H and O–H groups in total. The lowest BCUT2D eigenvalue weighted by Crippen LogP contribution is -1.89. The maximum Gasteiger partial charge on any atom is 0.217 e. The quantitative estimate of drug-likeness (QED) is 0.384. The number of aromatic nitrogens is 1. The topological polar surface area (TPSA) is 22.0 Å². The summed E-state index contributed by atoms with van der Waals surface area (Å²) in [6, 6.07) is 2.04. The zero-order valence-corrected chi connectivity index (χ0v) is 12.4. The first kappa shape index (κ1) is 16.0. The monoisotopic (exact) mass is 263 g/mol. The van der Waals surface area contributed by atoms with Crippen LogP contribution in [0.3, 0.4) is 0 Å². The molecule has 108 valence electrons. The molecule has 0 saturated heterocycles. The molecule has 1 aromatic heterocycles. The Bertz CT molecular complexity index is 330. The van der Waals surface area contributed by atoms with Crippen LogP contribution in [0.25, 0.3) is 0 Å². The van der Waals surface area contributed by atoms with Crippen molar-refractivity contribution in [3.8, 4) is 0 Å². The van der Waals surface area contributed by atoms with E-state index in [1.165, 1.54) is 69.8 Å². The fourth-order valence-corrected chi connectivity index (χ4v) is 2.49. The maximum atomic E-state index is 10.5. The Hall–Kier alpha value is -1.05. The summed E-state index contributed by atoms with van der Waals surface area (Å²) >= 11 is 0. The second-order valence-electron chi connectivity index (χ2n) is 5.50. The number of carbonyl (C=O) groups is 1. The molecule has 0 spiro atoms. The van der Waals surface area contributed by atoms with Crippen molar-refractivity contribution in [1.29, 1.82) is 0 Å². The minimum absolute atomic E-state index is 0.849. The van der Waals surface area contributed by atoms with Gasteiger partial charge in [0.15, 0.2) is 0 Å². The predicted octanol–water partition coefficient (Wildman–Crippen LogP) is 4.99. The Morgan fingerprint density at radius 2 is 1.53 bits per heavy atom. The molecule has 0 amide bonds. The molecule has 0 saturated carbocycles. The zero-order valence-electron chi connectivity index (χ0n) is 12.4. The van der Waals surface area contributed by atoms with E-state index in [0.717, 1.165) is 12.8 Å². The SMILES string of the molecule is CCCCCCCCCCCCc1ccn(C=O)c1. The number of hydrogen-bond acceptors (Lipinski definition) is 1. The van der Waals surface area contributed by atoms with E-state index in [1.807, 2.05) is 18.5 Å². The second-order valence-corrected chi connectivity index (χ2v) is 5.50. The summed E-state index contributed by atoms with van der Waals surface area (Å²) in [6.07, 6.45) is 19.5. The number of carbonyl (C=O) groups excluding carboxylic acids is 1. The second kappa shape index (κ2) is 10.8. The largest absolute Gasteiger partial charge is 0.297 e. The van der Waals surface area contributed by atoms with Gasteiger partial charge in [-0.3, -0.25) is 9.36 Å². The van der Waals surface area contributed by atoms with E-state index in [0.29, 0.717) is 0 Å². The number of rotatable bonds is 12. The van der Waals surface area contributed by atoms with Gasteiger partial charge in [-0.2, -0.15) is 0 Å². The Morgan fingerprint density at radius 1 is 0.947 bits per heavy atom. The summed E-state index contributed by atoms with van der Waals surface area (Å²) in [5.41, 5.74) is 1.28. The number of unbranched alkanes of at least 4 members (excludes halogenated alkanes) is 9. The highest BCUT2D eigenvalue weighted by atomic mass is 16.1. The molecule has 0 atom stereocenters. The molecule has 1 rings (SSSR count). The van der Waals surface area contributed by atoms with Gasteiger partial charge in [-0.05, 0) is 24.5 Å². The molecule has 1 aromatic rings. The summed E-state index contributed by atoms with van der Waals surface area (Å²) < 4.78 is 1.59. The van der Waals surface area contributed by atoms with Gasteiger partial charge in [0.25, 0.3) is 0 Å². The Labute approximate surface area is 118 Å². The van der Waals surface area contributed by atoms with Gasteiger partial charge in [-0.1, -0.05) is 64.7 Å². The smallest absolute Gasteiger partial charge is 0.217 e. The molecule has 0 aliphatic heterocycles. The van der Waals surface area contributed by atoms with Gasteiger partial charge in [0.2, 0.25) is 6.41 Å². The van der Waals surface area contributed by atoms with Crippen LogP contribution in [0.4, 0.5) is 0 Å². The average molecular weight is 263 g/mol. The van der Waals surface area contributed by atoms with Crippen molar-refractivity contribution >= 4 is 6.41 Å². The molecule has 0 bridgehead atoms. The van der Waals surface area contributed by atoms with Crippen LogP contribution in [0.2, 0.25) is 0 Å². The van der Waals surface area contributed by atoms with E-state index < -0.39 is 0 Å². The summed E-state index contributed by atoms with van der Waals surface area (Å²) in [5.74, 6) is 0. The van der Waals surface area contributed by atoms with Crippen LogP contribution >= 0.6 is 0 Å². The van der Waals surface area contributed by atoms with Gasteiger partial charge in [0, 0.05) is 12.4 Å². The molecule has 0 aliphatic carbocycles. The number of aryl methyl sites for hydroxylation is 1. The van der Waals surface area contributed by atoms with Crippen molar-refractivity contribution in [2.24, 2.45) is 0 Å². The maximum absolute atomic E-state index is 10.5. The molecule has 0 unspecified atom stereocenters. The van der Waals surface area contributed by atoms with Gasteiger partial charge in [-0.25, -0.2) is 0 Å². The van der Waals surface area contributed by atoms with E-state index in [4.69, 9.17) is 0 Å². The lowest BCUT2D eigenvalue weighted by molar-refractivity contribution is 0.547. The van der Waals surface area contributed by atoms with E-state index in [2.05, 4.69) is 6.92 Å². The normalized spacial score (nSPS) is 10.8. The molecular weight excluding hydrogens is 234 g/mol. The predicted molar refractivity (Wildman–Crippen MR) is 82.1 cm³/mol.